The molecular formula is C12H16N2O4. The van der Waals surface area contributed by atoms with E-state index in [0.717, 1.165) is 5.56 Å². The molecule has 0 aliphatic rings. The van der Waals surface area contributed by atoms with Crippen LogP contribution in [0.15, 0.2) is 18.2 Å². The van der Waals surface area contributed by atoms with Crippen LogP contribution in [0, 0.1) is 6.92 Å². The lowest BCUT2D eigenvalue weighted by Crippen LogP contribution is -2.38. The summed E-state index contributed by atoms with van der Waals surface area (Å²) < 4.78 is 5.26. The smallest absolute Gasteiger partial charge is 0.318 e. The number of carbonyl (C=O) groups excluding carboxylic acids is 2. The topological polar surface area (TPSA) is 102 Å². The molecule has 0 heterocycles. The van der Waals surface area contributed by atoms with Crippen molar-refractivity contribution in [3.05, 3.63) is 29.3 Å². The molecule has 98 valence electrons. The van der Waals surface area contributed by atoms with Crippen molar-refractivity contribution < 1.29 is 19.4 Å². The van der Waals surface area contributed by atoms with Gasteiger partial charge in [0.05, 0.1) is 6.10 Å². The second kappa shape index (κ2) is 6.02. The Balaban J connectivity index is 2.74. The number of benzene rings is 1. The quantitative estimate of drug-likeness (QED) is 0.731. The Bertz CT molecular complexity index is 457. The molecule has 0 fully saturated rings. The molecule has 1 atom stereocenters. The Morgan fingerprint density at radius 3 is 2.72 bits per heavy atom. The van der Waals surface area contributed by atoms with Crippen LogP contribution in [0.4, 0.5) is 4.79 Å². The molecule has 0 aliphatic heterocycles. The first-order chi connectivity index (χ1) is 8.40. The molecule has 6 nitrogen and oxygen atoms in total. The molecule has 0 aliphatic carbocycles. The Hall–Kier alpha value is -2.08. The van der Waals surface area contributed by atoms with Gasteiger partial charge in [-0.1, -0.05) is 12.1 Å². The first kappa shape index (κ1) is 14.0. The van der Waals surface area contributed by atoms with Gasteiger partial charge in [0.2, 0.25) is 0 Å². The van der Waals surface area contributed by atoms with E-state index in [9.17, 15) is 14.7 Å². The summed E-state index contributed by atoms with van der Waals surface area (Å²) in [4.78, 5) is 21.6. The minimum absolute atomic E-state index is 0.341. The number of rotatable bonds is 4. The van der Waals surface area contributed by atoms with Gasteiger partial charge in [0.15, 0.2) is 6.61 Å². The minimum Gasteiger partial charge on any atom is -0.483 e. The van der Waals surface area contributed by atoms with E-state index in [4.69, 9.17) is 10.5 Å². The molecule has 0 saturated carbocycles. The van der Waals surface area contributed by atoms with Crippen LogP contribution in [0.25, 0.3) is 0 Å². The molecule has 1 rings (SSSR count). The summed E-state index contributed by atoms with van der Waals surface area (Å²) in [5.74, 6) is -0.231. The highest BCUT2D eigenvalue weighted by Crippen LogP contribution is 2.26. The van der Waals surface area contributed by atoms with E-state index in [1.807, 2.05) is 18.3 Å². The van der Waals surface area contributed by atoms with Crippen LogP contribution in [0.2, 0.25) is 0 Å². The molecular weight excluding hydrogens is 236 g/mol. The summed E-state index contributed by atoms with van der Waals surface area (Å²) in [5.41, 5.74) is 6.31. The van der Waals surface area contributed by atoms with Crippen LogP contribution >= 0.6 is 0 Å². The number of hydrogen-bond acceptors (Lipinski definition) is 4. The second-order valence-corrected chi connectivity index (χ2v) is 3.92. The number of urea groups is 1. The number of ether oxygens (including phenoxy) is 1. The van der Waals surface area contributed by atoms with Crippen molar-refractivity contribution in [2.24, 2.45) is 5.73 Å². The molecule has 0 spiro atoms. The first-order valence-corrected chi connectivity index (χ1v) is 5.41. The zero-order chi connectivity index (χ0) is 13.7. The van der Waals surface area contributed by atoms with E-state index >= 15 is 0 Å². The number of nitrogens with one attached hydrogen (secondary N) is 1. The number of primary amides is 1. The number of hydrogen-bond donors (Lipinski definition) is 3. The molecule has 1 aromatic carbocycles. The van der Waals surface area contributed by atoms with Crippen molar-refractivity contribution in [3.8, 4) is 5.75 Å². The largest absolute Gasteiger partial charge is 0.483 e. The van der Waals surface area contributed by atoms with Gasteiger partial charge in [-0.05, 0) is 25.5 Å². The fourth-order valence-corrected chi connectivity index (χ4v) is 1.43. The number of aliphatic hydroxyl groups excluding tert-OH is 1. The van der Waals surface area contributed by atoms with Crippen molar-refractivity contribution in [2.45, 2.75) is 20.0 Å². The van der Waals surface area contributed by atoms with Crippen LogP contribution in [-0.4, -0.2) is 23.7 Å². The Kier molecular flexibility index (Phi) is 4.67. The zero-order valence-corrected chi connectivity index (χ0v) is 10.3. The molecule has 0 aromatic heterocycles. The highest BCUT2D eigenvalue weighted by atomic mass is 16.5. The van der Waals surface area contributed by atoms with E-state index in [1.165, 1.54) is 0 Å². The monoisotopic (exact) mass is 252 g/mol. The molecule has 0 bridgehead atoms. The maximum absolute atomic E-state index is 11.2. The Labute approximate surface area is 105 Å². The van der Waals surface area contributed by atoms with Crippen LogP contribution in [0.1, 0.15) is 24.2 Å². The van der Waals surface area contributed by atoms with Crippen LogP contribution in [-0.2, 0) is 4.79 Å². The summed E-state index contributed by atoms with van der Waals surface area (Å²) in [6.07, 6.45) is -0.709. The van der Waals surface area contributed by atoms with Gasteiger partial charge in [0, 0.05) is 5.56 Å². The molecule has 6 heteroatoms. The predicted octanol–water partition coefficient (Wildman–Crippen LogP) is 0.622. The molecule has 0 unspecified atom stereocenters. The third-order valence-corrected chi connectivity index (χ3v) is 2.24. The summed E-state index contributed by atoms with van der Waals surface area (Å²) >= 11 is 0. The number of carbonyl (C=O) groups is 2. The predicted molar refractivity (Wildman–Crippen MR) is 65.0 cm³/mol. The molecule has 0 saturated heterocycles. The van der Waals surface area contributed by atoms with E-state index in [-0.39, 0.29) is 6.61 Å². The Morgan fingerprint density at radius 2 is 2.17 bits per heavy atom. The maximum Gasteiger partial charge on any atom is 0.318 e. The average Bonchev–Trinajstić information content (AvgIpc) is 2.25. The number of imide groups is 1. The highest BCUT2D eigenvalue weighted by Gasteiger charge is 2.11. The van der Waals surface area contributed by atoms with E-state index in [0.29, 0.717) is 11.3 Å². The average molecular weight is 252 g/mol. The summed E-state index contributed by atoms with van der Waals surface area (Å²) in [6.45, 7) is 3.12. The number of aryl methyl sites for hydroxylation is 1. The molecule has 3 amide bonds. The standard InChI is InChI=1S/C12H16N2O4/c1-7-3-4-9(8(2)15)10(5-7)18-6-11(16)14-12(13)17/h3-5,8,15H,6H2,1-2H3,(H3,13,14,16,17)/t8-/m1/s1. The first-order valence-electron chi connectivity index (χ1n) is 5.41. The van der Waals surface area contributed by atoms with Gasteiger partial charge in [-0.3, -0.25) is 10.1 Å². The second-order valence-electron chi connectivity index (χ2n) is 3.92. The van der Waals surface area contributed by atoms with Crippen molar-refractivity contribution in [1.29, 1.82) is 0 Å². The summed E-state index contributed by atoms with van der Waals surface area (Å²) in [7, 11) is 0. The van der Waals surface area contributed by atoms with Crippen LogP contribution in [0.3, 0.4) is 0 Å². The lowest BCUT2D eigenvalue weighted by molar-refractivity contribution is -0.121. The number of nitrogens with two attached hydrogens (primary N) is 1. The third kappa shape index (κ3) is 4.06. The SMILES string of the molecule is Cc1ccc([C@@H](C)O)c(OCC(=O)NC(N)=O)c1. The number of amides is 3. The van der Waals surface area contributed by atoms with E-state index in [1.54, 1.807) is 19.1 Å². The maximum atomic E-state index is 11.2. The fraction of sp³-hybridized carbons (Fsp3) is 0.333. The summed E-state index contributed by atoms with van der Waals surface area (Å²) in [5, 5.41) is 11.4. The van der Waals surface area contributed by atoms with Crippen molar-refractivity contribution in [1.82, 2.24) is 5.32 Å². The molecule has 1 aromatic rings. The zero-order valence-electron chi connectivity index (χ0n) is 10.3. The van der Waals surface area contributed by atoms with Crippen LogP contribution in [0.5, 0.6) is 5.75 Å². The van der Waals surface area contributed by atoms with E-state index < -0.39 is 18.0 Å². The van der Waals surface area contributed by atoms with Crippen molar-refractivity contribution in [2.75, 3.05) is 6.61 Å². The van der Waals surface area contributed by atoms with Gasteiger partial charge in [0.25, 0.3) is 5.91 Å². The third-order valence-electron chi connectivity index (χ3n) is 2.24. The van der Waals surface area contributed by atoms with Crippen molar-refractivity contribution >= 4 is 11.9 Å². The minimum atomic E-state index is -0.927. The molecule has 18 heavy (non-hydrogen) atoms. The fourth-order valence-electron chi connectivity index (χ4n) is 1.43. The van der Waals surface area contributed by atoms with Crippen LogP contribution < -0.4 is 15.8 Å². The summed E-state index contributed by atoms with van der Waals surface area (Å²) in [6, 6.07) is 4.34. The molecule has 0 radical (unpaired) electrons. The van der Waals surface area contributed by atoms with Crippen molar-refractivity contribution in [3.63, 3.8) is 0 Å². The lowest BCUT2D eigenvalue weighted by Gasteiger charge is -2.13. The van der Waals surface area contributed by atoms with Gasteiger partial charge in [-0.2, -0.15) is 0 Å². The van der Waals surface area contributed by atoms with Gasteiger partial charge in [-0.25, -0.2) is 4.79 Å². The highest BCUT2D eigenvalue weighted by molar-refractivity contribution is 5.94. The van der Waals surface area contributed by atoms with Gasteiger partial charge in [-0.15, -0.1) is 0 Å². The number of aliphatic hydroxyl groups is 1. The normalized spacial score (nSPS) is 11.7. The lowest BCUT2D eigenvalue weighted by atomic mass is 10.1. The van der Waals surface area contributed by atoms with Gasteiger partial charge < -0.3 is 15.6 Å². The van der Waals surface area contributed by atoms with E-state index in [2.05, 4.69) is 0 Å². The van der Waals surface area contributed by atoms with Gasteiger partial charge >= 0.3 is 6.03 Å². The molecule has 4 N–H and O–H groups in total. The van der Waals surface area contributed by atoms with Gasteiger partial charge in [0.1, 0.15) is 5.75 Å². The Morgan fingerprint density at radius 1 is 1.50 bits per heavy atom.